The Balaban J connectivity index is 0.000000239. The summed E-state index contributed by atoms with van der Waals surface area (Å²) < 4.78 is 72.2. The number of hydrogen-bond acceptors (Lipinski definition) is 7. The van der Waals surface area contributed by atoms with Crippen molar-refractivity contribution in [1.29, 1.82) is 0 Å². The molecule has 3 aromatic carbocycles. The van der Waals surface area contributed by atoms with Crippen LogP contribution in [0.15, 0.2) is 82.6 Å². The van der Waals surface area contributed by atoms with Crippen LogP contribution in [0.25, 0.3) is 0 Å². The highest BCUT2D eigenvalue weighted by Crippen LogP contribution is 2.17. The minimum atomic E-state index is -4.02. The van der Waals surface area contributed by atoms with Gasteiger partial charge in [0.15, 0.2) is 0 Å². The maximum Gasteiger partial charge on any atom is 0.294 e. The zero-order valence-electron chi connectivity index (χ0n) is 23.9. The van der Waals surface area contributed by atoms with Crippen LogP contribution in [0.5, 0.6) is 0 Å². The molecule has 1 fully saturated rings. The van der Waals surface area contributed by atoms with Crippen LogP contribution in [0.4, 0.5) is 4.39 Å². The first-order chi connectivity index (χ1) is 19.6. The van der Waals surface area contributed by atoms with Crippen molar-refractivity contribution in [3.05, 3.63) is 95.3 Å². The lowest BCUT2D eigenvalue weighted by Crippen LogP contribution is -2.46. The fourth-order valence-electron chi connectivity index (χ4n) is 4.24. The van der Waals surface area contributed by atoms with Crippen molar-refractivity contribution < 1.29 is 35.4 Å². The Hall–Kier alpha value is -2.71. The number of hydrogen-bond donors (Lipinski definition) is 5. The van der Waals surface area contributed by atoms with Crippen LogP contribution in [-0.4, -0.2) is 55.8 Å². The van der Waals surface area contributed by atoms with E-state index in [2.05, 4.69) is 5.32 Å². The number of benzene rings is 3. The third-order valence-electron chi connectivity index (χ3n) is 6.71. The van der Waals surface area contributed by atoms with E-state index in [4.69, 9.17) is 14.8 Å². The molecule has 1 saturated carbocycles. The van der Waals surface area contributed by atoms with Crippen molar-refractivity contribution in [2.45, 2.75) is 80.4 Å². The van der Waals surface area contributed by atoms with Crippen molar-refractivity contribution in [3.63, 3.8) is 0 Å². The van der Waals surface area contributed by atoms with Crippen LogP contribution in [0.1, 0.15) is 48.8 Å². The highest BCUT2D eigenvalue weighted by atomic mass is 32.2. The second-order valence-corrected chi connectivity index (χ2v) is 13.2. The number of aliphatic hydroxyl groups excluding tert-OH is 1. The summed E-state index contributed by atoms with van der Waals surface area (Å²) in [6.07, 6.45) is 6.12. The summed E-state index contributed by atoms with van der Waals surface area (Å²) in [5.41, 5.74) is 8.74. The van der Waals surface area contributed by atoms with Gasteiger partial charge in [0.25, 0.3) is 20.2 Å². The molecule has 3 aromatic rings. The zero-order valence-corrected chi connectivity index (χ0v) is 25.5. The molecule has 1 aliphatic carbocycles. The van der Waals surface area contributed by atoms with Crippen molar-refractivity contribution in [3.8, 4) is 0 Å². The van der Waals surface area contributed by atoms with Crippen LogP contribution in [0.2, 0.25) is 0 Å². The second kappa shape index (κ2) is 16.8. The molecule has 12 heteroatoms. The number of halogens is 1. The molecule has 0 heterocycles. The maximum absolute atomic E-state index is 13.1. The number of nitrogens with one attached hydrogen (secondary N) is 1. The molecule has 0 aliphatic heterocycles. The Morgan fingerprint density at radius 2 is 1.31 bits per heavy atom. The summed E-state index contributed by atoms with van der Waals surface area (Å²) in [6.45, 7) is 4.20. The van der Waals surface area contributed by atoms with Gasteiger partial charge in [-0.3, -0.25) is 9.11 Å². The second-order valence-electron chi connectivity index (χ2n) is 10.4. The lowest BCUT2D eigenvalue weighted by molar-refractivity contribution is 0.135. The maximum atomic E-state index is 13.1. The Labute approximate surface area is 248 Å². The monoisotopic (exact) mass is 624 g/mol. The molecule has 0 saturated heterocycles. The van der Waals surface area contributed by atoms with Crippen LogP contribution >= 0.6 is 0 Å². The Morgan fingerprint density at radius 1 is 0.833 bits per heavy atom. The summed E-state index contributed by atoms with van der Waals surface area (Å²) in [6, 6.07) is 18.5. The average molecular weight is 625 g/mol. The van der Waals surface area contributed by atoms with Gasteiger partial charge in [-0.05, 0) is 75.1 Å². The van der Waals surface area contributed by atoms with Gasteiger partial charge in [-0.2, -0.15) is 16.8 Å². The fraction of sp³-hybridized carbons (Fsp3) is 0.400. The van der Waals surface area contributed by atoms with Gasteiger partial charge < -0.3 is 16.2 Å². The minimum Gasteiger partial charge on any atom is -0.390 e. The quantitative estimate of drug-likeness (QED) is 0.227. The summed E-state index contributed by atoms with van der Waals surface area (Å²) in [5, 5.41) is 13.5. The highest BCUT2D eigenvalue weighted by Gasteiger charge is 2.19. The molecule has 0 spiro atoms. The summed E-state index contributed by atoms with van der Waals surface area (Å²) in [4.78, 5) is -0.133. The predicted octanol–water partition coefficient (Wildman–Crippen LogP) is 4.46. The molecular formula is C30H41FN2O7S2. The topological polar surface area (TPSA) is 167 Å². The molecule has 9 nitrogen and oxygen atoms in total. The van der Waals surface area contributed by atoms with Crippen molar-refractivity contribution in [2.75, 3.05) is 6.54 Å². The standard InChI is InChI=1S/C16H25FN2O.2C7H8O3S/c17-13-6-4-5-12(9-13)10-15(18)16(20)11-19-14-7-2-1-3-8-14;2*1-6-2-4-7(5-3-6)11(8,9)10/h4-6,9,14-16,19-20H,1-3,7-8,10-11,18H2;2*2-5H,1H3,(H,8,9,10)/t15-,16+;;/m0../s1. The smallest absolute Gasteiger partial charge is 0.294 e. The van der Waals surface area contributed by atoms with Gasteiger partial charge in [0.05, 0.1) is 15.9 Å². The normalized spacial score (nSPS) is 15.4. The van der Waals surface area contributed by atoms with E-state index in [-0.39, 0.29) is 21.7 Å². The van der Waals surface area contributed by atoms with Gasteiger partial charge in [0, 0.05) is 18.6 Å². The van der Waals surface area contributed by atoms with E-state index < -0.39 is 26.3 Å². The molecule has 0 aromatic heterocycles. The molecule has 232 valence electrons. The van der Waals surface area contributed by atoms with E-state index >= 15 is 0 Å². The first-order valence-electron chi connectivity index (χ1n) is 13.6. The van der Waals surface area contributed by atoms with Gasteiger partial charge >= 0.3 is 0 Å². The molecule has 6 N–H and O–H groups in total. The molecule has 0 radical (unpaired) electrons. The summed E-state index contributed by atoms with van der Waals surface area (Å²) in [7, 11) is -8.04. The molecule has 0 bridgehead atoms. The van der Waals surface area contributed by atoms with Crippen molar-refractivity contribution in [2.24, 2.45) is 5.73 Å². The summed E-state index contributed by atoms with van der Waals surface area (Å²) in [5.74, 6) is -0.260. The van der Waals surface area contributed by atoms with E-state index in [9.17, 15) is 26.3 Å². The number of rotatable bonds is 8. The van der Waals surface area contributed by atoms with Gasteiger partial charge in [-0.1, -0.05) is 66.8 Å². The Kier molecular flexibility index (Phi) is 14.2. The van der Waals surface area contributed by atoms with Gasteiger partial charge in [-0.25, -0.2) is 4.39 Å². The van der Waals surface area contributed by atoms with E-state index in [0.717, 1.165) is 16.7 Å². The number of nitrogens with two attached hydrogens (primary N) is 1. The van der Waals surface area contributed by atoms with Gasteiger partial charge in [-0.15, -0.1) is 0 Å². The van der Waals surface area contributed by atoms with Crippen molar-refractivity contribution in [1.82, 2.24) is 5.32 Å². The molecule has 0 amide bonds. The van der Waals surface area contributed by atoms with E-state index in [0.29, 0.717) is 19.0 Å². The lowest BCUT2D eigenvalue weighted by Gasteiger charge is -2.26. The van der Waals surface area contributed by atoms with Crippen LogP contribution < -0.4 is 11.1 Å². The molecule has 0 unspecified atom stereocenters. The largest absolute Gasteiger partial charge is 0.390 e. The van der Waals surface area contributed by atoms with Gasteiger partial charge in [0.1, 0.15) is 5.82 Å². The number of aliphatic hydroxyl groups is 1. The molecular weight excluding hydrogens is 583 g/mol. The zero-order chi connectivity index (χ0) is 31.3. The third-order valence-corrected chi connectivity index (χ3v) is 8.45. The molecule has 2 atom stereocenters. The van der Waals surface area contributed by atoms with Crippen LogP contribution in [0.3, 0.4) is 0 Å². The van der Waals surface area contributed by atoms with Gasteiger partial charge in [0.2, 0.25) is 0 Å². The van der Waals surface area contributed by atoms with E-state index in [1.807, 2.05) is 19.9 Å². The molecule has 4 rings (SSSR count). The van der Waals surface area contributed by atoms with Crippen LogP contribution in [0, 0.1) is 19.7 Å². The number of aryl methyl sites for hydroxylation is 2. The fourth-order valence-corrected chi connectivity index (χ4v) is 5.20. The first-order valence-corrected chi connectivity index (χ1v) is 16.5. The van der Waals surface area contributed by atoms with E-state index in [1.165, 1.54) is 68.5 Å². The SMILES string of the molecule is Cc1ccc(S(=O)(=O)O)cc1.Cc1ccc(S(=O)(=O)O)cc1.N[C@@H](Cc1cccc(F)c1)[C@H](O)CNC1CCCCC1. The minimum absolute atomic E-state index is 0.0666. The van der Waals surface area contributed by atoms with Crippen LogP contribution in [-0.2, 0) is 26.7 Å². The first kappa shape index (κ1) is 35.5. The third kappa shape index (κ3) is 13.5. The predicted molar refractivity (Wildman–Crippen MR) is 161 cm³/mol. The molecule has 1 aliphatic rings. The Bertz CT molecular complexity index is 1370. The lowest BCUT2D eigenvalue weighted by atomic mass is 9.95. The average Bonchev–Trinajstić information content (AvgIpc) is 2.92. The van der Waals surface area contributed by atoms with E-state index in [1.54, 1.807) is 30.3 Å². The highest BCUT2D eigenvalue weighted by molar-refractivity contribution is 7.86. The molecule has 42 heavy (non-hydrogen) atoms. The Morgan fingerprint density at radius 3 is 1.74 bits per heavy atom. The van der Waals surface area contributed by atoms with Crippen molar-refractivity contribution >= 4 is 20.2 Å². The summed E-state index contributed by atoms with van der Waals surface area (Å²) >= 11 is 0.